The number of hydrogen-bond acceptors (Lipinski definition) is 13. The van der Waals surface area contributed by atoms with Crippen LogP contribution in [-0.2, 0) is 57.0 Å². The van der Waals surface area contributed by atoms with Gasteiger partial charge in [-0.3, -0.25) is 4.79 Å². The summed E-state index contributed by atoms with van der Waals surface area (Å²) in [6, 6.07) is 116. The first kappa shape index (κ1) is 94.0. The number of anilines is 5. The fourth-order valence-electron chi connectivity index (χ4n) is 18.3. The highest BCUT2D eigenvalue weighted by atomic mass is 28.4. The van der Waals surface area contributed by atoms with Gasteiger partial charge in [-0.1, -0.05) is 326 Å². The van der Waals surface area contributed by atoms with Crippen LogP contribution in [0.2, 0.25) is 33.2 Å². The van der Waals surface area contributed by atoms with E-state index in [-0.39, 0.29) is 18.1 Å². The molecule has 0 fully saturated rings. The molecule has 0 atom stereocenters. The van der Waals surface area contributed by atoms with Crippen LogP contribution in [0.15, 0.2) is 346 Å². The van der Waals surface area contributed by atoms with Crippen molar-refractivity contribution in [1.82, 2.24) is 0 Å². The smallest absolute Gasteiger partial charge is 0.258 e. The highest BCUT2D eigenvalue weighted by Gasteiger charge is 2.48. The van der Waals surface area contributed by atoms with E-state index < -0.39 is 16.6 Å². The minimum absolute atomic E-state index is 0.0262. The molecule has 16 aromatic rings. The van der Waals surface area contributed by atoms with Crippen LogP contribution >= 0.6 is 0 Å². The molecule has 0 amide bonds. The van der Waals surface area contributed by atoms with Crippen LogP contribution in [0, 0.1) is 0 Å². The minimum atomic E-state index is -2.02. The first-order valence-electron chi connectivity index (χ1n) is 44.6. The van der Waals surface area contributed by atoms with Crippen LogP contribution in [-0.4, -0.2) is 38.2 Å². The number of aliphatic hydroxyl groups excluding tert-OH is 1. The molecule has 15 heteroatoms. The van der Waals surface area contributed by atoms with Crippen LogP contribution in [0.5, 0.6) is 28.7 Å². The summed E-state index contributed by atoms with van der Waals surface area (Å²) in [6.07, 6.45) is 0.926. The number of benzene rings is 16. The maximum atomic E-state index is 11.8. The number of aromatic hydroxyl groups is 2. The number of carbonyl (C=O) groups is 1. The Morgan fingerprint density at radius 1 is 0.305 bits per heavy atom. The molecular formula is C113H125N5O8Si2. The zero-order chi connectivity index (χ0) is 90.9. The third-order valence-corrected chi connectivity index (χ3v) is 36.6. The largest absolute Gasteiger partial charge is 0.543 e. The van der Waals surface area contributed by atoms with Gasteiger partial charge >= 0.3 is 0 Å². The molecule has 0 aliphatic heterocycles. The van der Waals surface area contributed by atoms with Gasteiger partial charge in [0, 0.05) is 87.1 Å². The molecule has 16 rings (SSSR count). The third-order valence-electron chi connectivity index (χ3n) is 24.5. The molecule has 0 aliphatic rings. The minimum Gasteiger partial charge on any atom is -0.543 e. The lowest BCUT2D eigenvalue weighted by Crippen LogP contribution is -2.50. The predicted molar refractivity (Wildman–Crippen MR) is 542 cm³/mol. The molecule has 0 bridgehead atoms. The Kier molecular flexibility index (Phi) is 32.9. The van der Waals surface area contributed by atoms with Crippen LogP contribution < -0.4 is 40.9 Å². The zero-order valence-electron chi connectivity index (χ0n) is 76.1. The number of nitrogens with zero attached hydrogens (tertiary/aromatic N) is 2. The highest BCUT2D eigenvalue weighted by molar-refractivity contribution is 6.78. The van der Waals surface area contributed by atoms with E-state index in [2.05, 4.69) is 299 Å². The summed E-state index contributed by atoms with van der Waals surface area (Å²) in [5.74, 6) is 3.05. The maximum absolute atomic E-state index is 11.8. The quantitative estimate of drug-likeness (QED) is 0.0147. The summed E-state index contributed by atoms with van der Waals surface area (Å²) in [5.41, 5.74) is 35.7. The SMILES string of the molecule is CC(C)[Si](OCc1ccc(N)c2cc(O[Si](C(C)C)(C(C)C)C(C)C)ccc12)(C(C)C)C(C)C.Nc1ccc(CO)c2ccc(O)cc12.Nc1cccc2ccc(O)cc12.O=Cc1ccc(N(Cc2ccccc2)Cc2ccccc2)c2cc(OCc3ccccc3)ccc12.c1ccc(COc2ccc3cccc(N(Cc4ccccc4)Cc4ccccc4)c3c2)cc1. The number of aldehydes is 1. The van der Waals surface area contributed by atoms with E-state index in [1.807, 2.05) is 97.1 Å². The van der Waals surface area contributed by atoms with Crippen molar-refractivity contribution < 1.29 is 38.4 Å². The molecular weight excluding hydrogens is 1610 g/mol. The number of hydrogen-bond donors (Lipinski definition) is 6. The second-order valence-corrected chi connectivity index (χ2v) is 45.7. The summed E-state index contributed by atoms with van der Waals surface area (Å²) < 4.78 is 26.2. The molecule has 128 heavy (non-hydrogen) atoms. The molecule has 658 valence electrons. The number of aliphatic hydroxyl groups is 1. The van der Waals surface area contributed by atoms with Gasteiger partial charge < -0.3 is 60.6 Å². The number of ether oxygens (including phenoxy) is 2. The zero-order valence-corrected chi connectivity index (χ0v) is 78.1. The topological polar surface area (TPSA) is 199 Å². The number of phenols is 2. The number of phenolic OH excluding ortho intramolecular Hbond substituents is 2. The van der Waals surface area contributed by atoms with Gasteiger partial charge in [0.25, 0.3) is 8.32 Å². The van der Waals surface area contributed by atoms with Crippen molar-refractivity contribution in [2.24, 2.45) is 0 Å². The molecule has 0 heterocycles. The lowest BCUT2D eigenvalue weighted by molar-refractivity contribution is 0.112. The van der Waals surface area contributed by atoms with E-state index in [0.717, 1.165) is 110 Å². The Morgan fingerprint density at radius 3 is 1.13 bits per heavy atom. The summed E-state index contributed by atoms with van der Waals surface area (Å²) in [7, 11) is -3.97. The average Bonchev–Trinajstić information content (AvgIpc) is 0.815. The Morgan fingerprint density at radius 2 is 0.664 bits per heavy atom. The molecule has 0 aliphatic carbocycles. The monoisotopic (exact) mass is 1740 g/mol. The van der Waals surface area contributed by atoms with Crippen molar-refractivity contribution in [1.29, 1.82) is 0 Å². The Labute approximate surface area is 759 Å². The second kappa shape index (κ2) is 44.8. The molecule has 0 saturated heterocycles. The number of rotatable bonds is 29. The fraction of sp³-hybridized carbons (Fsp3) is 0.230. The molecule has 16 aromatic carbocycles. The third kappa shape index (κ3) is 23.7. The average molecular weight is 1740 g/mol. The normalized spacial score (nSPS) is 11.4. The van der Waals surface area contributed by atoms with Crippen molar-refractivity contribution in [2.45, 2.75) is 169 Å². The van der Waals surface area contributed by atoms with Gasteiger partial charge in [-0.05, 0) is 208 Å². The molecule has 13 nitrogen and oxygen atoms in total. The predicted octanol–water partition coefficient (Wildman–Crippen LogP) is 28.5. The molecule has 9 N–H and O–H groups in total. The molecule has 0 radical (unpaired) electrons. The van der Waals surface area contributed by atoms with E-state index in [4.69, 9.17) is 40.6 Å². The second-order valence-electron chi connectivity index (χ2n) is 34.9. The standard InChI is InChI=1S/C32H27NO2.C31H27NO.C29H51NO2Si2.C11H11NO2.C10H9NO/c34-23-28-16-19-32(31-20-29(17-18-30(28)31)35-24-27-14-8-3-9-15-27)33(21-25-10-4-1-5-11-25)22-26-12-6-2-7-13-26;1-4-11-25(12-5-1)22-32(23-26-13-6-2-7-14-26)31-18-10-17-28-19-20-29(21-30(28)31)33-24-27-15-8-3-9-16-27;1-19(2)33(20(3)4,21(5)6)31-18-25-13-16-29(30)28-17-26(14-15-27(25)28)32-34(22(7)8,23(9)10)24(11)12;12-11-4-1-7(6-13)9-3-2-8(14)5-10(9)11;11-10-3-1-2-7-4-5-8(12)6-9(7)10/h1-20,23H,21-22,24H2;1-21H,22-24H2;13-17,19-24H,18,30H2,1-12H3;1-5,13-14H,6,12H2;1-6,12H,11H2. The number of fused-ring (bicyclic) bond motifs is 5. The van der Waals surface area contributed by atoms with E-state index >= 15 is 0 Å². The van der Waals surface area contributed by atoms with Gasteiger partial charge in [-0.25, -0.2) is 0 Å². The Bertz CT molecular complexity index is 6120. The van der Waals surface area contributed by atoms with Crippen LogP contribution in [0.3, 0.4) is 0 Å². The van der Waals surface area contributed by atoms with Crippen molar-refractivity contribution in [3.8, 4) is 28.7 Å². The Balaban J connectivity index is 0.000000152. The van der Waals surface area contributed by atoms with Gasteiger partial charge in [0.05, 0.1) is 13.2 Å². The van der Waals surface area contributed by atoms with Crippen LogP contribution in [0.25, 0.3) is 53.9 Å². The molecule has 0 unspecified atom stereocenters. The molecule has 0 aromatic heterocycles. The van der Waals surface area contributed by atoms with Crippen LogP contribution in [0.1, 0.15) is 138 Å². The molecule has 0 saturated carbocycles. The Hall–Kier alpha value is -13.2. The van der Waals surface area contributed by atoms with Crippen molar-refractivity contribution in [3.05, 3.63) is 396 Å². The first-order valence-corrected chi connectivity index (χ1v) is 48.9. The van der Waals surface area contributed by atoms with Gasteiger partial charge in [0.1, 0.15) is 42.0 Å². The summed E-state index contributed by atoms with van der Waals surface area (Å²) in [4.78, 5) is 16.7. The number of nitrogens with two attached hydrogens (primary N) is 3. The summed E-state index contributed by atoms with van der Waals surface area (Å²) >= 11 is 0. The highest BCUT2D eigenvalue weighted by Crippen LogP contribution is 2.47. The van der Waals surface area contributed by atoms with Gasteiger partial charge in [-0.15, -0.1) is 0 Å². The van der Waals surface area contributed by atoms with Gasteiger partial charge in [-0.2, -0.15) is 0 Å². The number of carbonyl (C=O) groups excluding carboxylic acids is 1. The van der Waals surface area contributed by atoms with E-state index in [9.17, 15) is 15.0 Å². The summed E-state index contributed by atoms with van der Waals surface area (Å²) in [5, 5.41) is 37.8. The van der Waals surface area contributed by atoms with Crippen LogP contribution in [0.4, 0.5) is 28.4 Å². The van der Waals surface area contributed by atoms with Crippen molar-refractivity contribution in [3.63, 3.8) is 0 Å². The fourth-order valence-corrected chi connectivity index (χ4v) is 28.9. The van der Waals surface area contributed by atoms with Gasteiger partial charge in [0.2, 0.25) is 8.32 Å². The van der Waals surface area contributed by atoms with E-state index in [0.29, 0.717) is 70.0 Å². The summed E-state index contributed by atoms with van der Waals surface area (Å²) in [6.45, 7) is 32.8. The first-order chi connectivity index (χ1) is 61.8. The maximum Gasteiger partial charge on any atom is 0.258 e. The van der Waals surface area contributed by atoms with Gasteiger partial charge in [0.15, 0.2) is 6.29 Å². The lowest BCUT2D eigenvalue weighted by atomic mass is 10.0. The number of nitrogen functional groups attached to an aromatic ring is 3. The van der Waals surface area contributed by atoms with E-state index in [1.54, 1.807) is 42.5 Å². The molecule has 0 spiro atoms. The van der Waals surface area contributed by atoms with Crippen molar-refractivity contribution >= 4 is 105 Å². The van der Waals surface area contributed by atoms with Crippen molar-refractivity contribution in [2.75, 3.05) is 27.0 Å². The lowest BCUT2D eigenvalue weighted by Gasteiger charge is -2.42. The van der Waals surface area contributed by atoms with E-state index in [1.165, 1.54) is 55.2 Å².